The third kappa shape index (κ3) is 6.97. The second-order valence-electron chi connectivity index (χ2n) is 12.0. The number of carboxylic acids is 2. The van der Waals surface area contributed by atoms with Crippen molar-refractivity contribution >= 4 is 17.9 Å². The molecule has 3 fully saturated rings. The van der Waals surface area contributed by atoms with Gasteiger partial charge in [-0.1, -0.05) is 19.1 Å². The van der Waals surface area contributed by atoms with Crippen LogP contribution in [0.15, 0.2) is 23.8 Å². The van der Waals surface area contributed by atoms with Crippen molar-refractivity contribution in [1.82, 2.24) is 0 Å². The molecule has 2 saturated heterocycles. The van der Waals surface area contributed by atoms with Gasteiger partial charge in [0.2, 0.25) is 0 Å². The molecule has 2 aliphatic heterocycles. The molecule has 232 valence electrons. The van der Waals surface area contributed by atoms with Gasteiger partial charge < -0.3 is 54.7 Å². The summed E-state index contributed by atoms with van der Waals surface area (Å²) in [5.41, 5.74) is -5.32. The third-order valence-electron chi connectivity index (χ3n) is 8.21. The second-order valence-corrected chi connectivity index (χ2v) is 12.0. The van der Waals surface area contributed by atoms with Crippen molar-refractivity contribution in [2.45, 2.75) is 107 Å². The van der Waals surface area contributed by atoms with E-state index >= 15 is 0 Å². The van der Waals surface area contributed by atoms with Crippen LogP contribution in [0.4, 0.5) is 0 Å². The standard InChI is InChI=1S/C27H40O14/c1-14(22(34)35)6-5-7-27(37)24(2)8-15(9-26(27,4)39-13-24)40-23-21(33)20(32)19(31)16(41-23)12-38-18(30)11-25(3,36)10-17(28)29/h5-7,15-16,19-21,23,31-33,36-37H,8-13H2,1-4H3,(H,28,29)(H,34,35)/b7-5-,14-6+. The third-order valence-corrected chi connectivity index (χ3v) is 8.21. The molecule has 0 aromatic heterocycles. The zero-order valence-electron chi connectivity index (χ0n) is 23.4. The smallest absolute Gasteiger partial charge is 0.331 e. The number of esters is 1. The van der Waals surface area contributed by atoms with Crippen LogP contribution in [-0.4, -0.2) is 120 Å². The van der Waals surface area contributed by atoms with E-state index in [4.69, 9.17) is 29.2 Å². The normalized spacial score (nSPS) is 40.8. The molecule has 3 aliphatic rings. The van der Waals surface area contributed by atoms with E-state index in [9.17, 15) is 39.9 Å². The minimum atomic E-state index is -1.87. The van der Waals surface area contributed by atoms with Crippen molar-refractivity contribution in [1.29, 1.82) is 0 Å². The first-order valence-corrected chi connectivity index (χ1v) is 13.2. The number of aliphatic hydroxyl groups is 5. The zero-order valence-corrected chi connectivity index (χ0v) is 23.4. The summed E-state index contributed by atoms with van der Waals surface area (Å²) in [5.74, 6) is -3.37. The van der Waals surface area contributed by atoms with Gasteiger partial charge in [-0.2, -0.15) is 0 Å². The van der Waals surface area contributed by atoms with Crippen LogP contribution in [-0.2, 0) is 33.3 Å². The van der Waals surface area contributed by atoms with Gasteiger partial charge in [0.25, 0.3) is 0 Å². The van der Waals surface area contributed by atoms with Crippen LogP contribution in [0.1, 0.15) is 53.4 Å². The Morgan fingerprint density at radius 2 is 1.71 bits per heavy atom. The lowest BCUT2D eigenvalue weighted by molar-refractivity contribution is -0.320. The minimum Gasteiger partial charge on any atom is -0.481 e. The Morgan fingerprint density at radius 3 is 2.29 bits per heavy atom. The van der Waals surface area contributed by atoms with E-state index in [2.05, 4.69) is 0 Å². The Balaban J connectivity index is 1.67. The first-order chi connectivity index (χ1) is 18.8. The van der Waals surface area contributed by atoms with Crippen molar-refractivity contribution in [2.24, 2.45) is 5.41 Å². The average Bonchev–Trinajstić information content (AvgIpc) is 2.94. The molecule has 41 heavy (non-hydrogen) atoms. The molecule has 14 heteroatoms. The van der Waals surface area contributed by atoms with Crippen molar-refractivity contribution < 1.29 is 69.1 Å². The Kier molecular flexibility index (Phi) is 9.72. The van der Waals surface area contributed by atoms with Gasteiger partial charge >= 0.3 is 17.9 Å². The van der Waals surface area contributed by atoms with Crippen LogP contribution in [0.2, 0.25) is 0 Å². The predicted molar refractivity (Wildman–Crippen MR) is 137 cm³/mol. The molecule has 10 atom stereocenters. The van der Waals surface area contributed by atoms with Crippen LogP contribution in [0.25, 0.3) is 0 Å². The fourth-order valence-electron chi connectivity index (χ4n) is 5.77. The maximum absolute atomic E-state index is 12.2. The van der Waals surface area contributed by atoms with Gasteiger partial charge in [0, 0.05) is 17.4 Å². The predicted octanol–water partition coefficient (Wildman–Crippen LogP) is -0.755. The van der Waals surface area contributed by atoms with E-state index in [1.54, 1.807) is 13.8 Å². The first kappa shape index (κ1) is 33.1. The maximum atomic E-state index is 12.2. The summed E-state index contributed by atoms with van der Waals surface area (Å²) >= 11 is 0. The van der Waals surface area contributed by atoms with E-state index in [1.165, 1.54) is 25.2 Å². The Bertz CT molecular complexity index is 1050. The summed E-state index contributed by atoms with van der Waals surface area (Å²) in [5, 5.41) is 71.0. The molecule has 14 nitrogen and oxygen atoms in total. The van der Waals surface area contributed by atoms with Crippen LogP contribution >= 0.6 is 0 Å². The summed E-state index contributed by atoms with van der Waals surface area (Å²) in [6, 6.07) is 0. The summed E-state index contributed by atoms with van der Waals surface area (Å²) < 4.78 is 22.7. The number of carboxylic acid groups (broad SMARTS) is 2. The number of hydrogen-bond acceptors (Lipinski definition) is 12. The molecule has 7 N–H and O–H groups in total. The lowest BCUT2D eigenvalue weighted by Crippen LogP contribution is -2.63. The Hall–Kier alpha value is -2.43. The molecule has 1 saturated carbocycles. The van der Waals surface area contributed by atoms with Crippen molar-refractivity contribution in [3.8, 4) is 0 Å². The van der Waals surface area contributed by atoms with Gasteiger partial charge in [-0.3, -0.25) is 9.59 Å². The molecule has 2 heterocycles. The van der Waals surface area contributed by atoms with Crippen LogP contribution in [0.5, 0.6) is 0 Å². The van der Waals surface area contributed by atoms with Gasteiger partial charge in [0.05, 0.1) is 31.2 Å². The number of allylic oxidation sites excluding steroid dienone is 2. The first-order valence-electron chi connectivity index (χ1n) is 13.2. The number of aliphatic hydroxyl groups excluding tert-OH is 3. The molecule has 2 bridgehead atoms. The summed E-state index contributed by atoms with van der Waals surface area (Å²) in [4.78, 5) is 34.1. The van der Waals surface area contributed by atoms with Crippen LogP contribution < -0.4 is 0 Å². The fraction of sp³-hybridized carbons (Fsp3) is 0.741. The number of carbonyl (C=O) groups excluding carboxylic acids is 1. The molecule has 10 unspecified atom stereocenters. The lowest BCUT2D eigenvalue weighted by Gasteiger charge is -2.51. The van der Waals surface area contributed by atoms with E-state index < -0.39 is 96.4 Å². The number of fused-ring (bicyclic) bond motifs is 2. The van der Waals surface area contributed by atoms with E-state index in [1.807, 2.05) is 0 Å². The monoisotopic (exact) mass is 588 g/mol. The summed E-state index contributed by atoms with van der Waals surface area (Å²) in [7, 11) is 0. The highest BCUT2D eigenvalue weighted by atomic mass is 16.7. The van der Waals surface area contributed by atoms with E-state index in [0.29, 0.717) is 0 Å². The van der Waals surface area contributed by atoms with Crippen LogP contribution in [0, 0.1) is 5.41 Å². The zero-order chi connectivity index (χ0) is 31.0. The van der Waals surface area contributed by atoms with Crippen molar-refractivity contribution in [3.05, 3.63) is 23.8 Å². The number of aliphatic carboxylic acids is 2. The van der Waals surface area contributed by atoms with Gasteiger partial charge in [0.1, 0.15) is 42.2 Å². The molecular formula is C27H40O14. The molecule has 0 spiro atoms. The van der Waals surface area contributed by atoms with Crippen molar-refractivity contribution in [2.75, 3.05) is 13.2 Å². The average molecular weight is 589 g/mol. The molecule has 0 radical (unpaired) electrons. The summed E-state index contributed by atoms with van der Waals surface area (Å²) in [6.07, 6.45) is -5.10. The topological polar surface area (TPSA) is 230 Å². The Morgan fingerprint density at radius 1 is 1.05 bits per heavy atom. The highest BCUT2D eigenvalue weighted by Gasteiger charge is 2.67. The quantitative estimate of drug-likeness (QED) is 0.0894. The van der Waals surface area contributed by atoms with E-state index in [0.717, 1.165) is 6.92 Å². The van der Waals surface area contributed by atoms with Gasteiger partial charge in [0.15, 0.2) is 6.29 Å². The maximum Gasteiger partial charge on any atom is 0.331 e. The minimum absolute atomic E-state index is 0.0838. The number of rotatable bonds is 11. The number of ether oxygens (including phenoxy) is 4. The second kappa shape index (κ2) is 12.1. The largest absolute Gasteiger partial charge is 0.481 e. The molecular weight excluding hydrogens is 548 g/mol. The number of hydrogen-bond donors (Lipinski definition) is 7. The highest BCUT2D eigenvalue weighted by Crippen LogP contribution is 2.58. The van der Waals surface area contributed by atoms with Crippen molar-refractivity contribution in [3.63, 3.8) is 0 Å². The SMILES string of the molecule is C/C(=C\C=C/C1(O)C2(C)COC1(C)CC(OC1OC(COC(=O)CC(C)(O)CC(=O)O)C(O)C(O)C1O)C2)C(=O)O. The highest BCUT2D eigenvalue weighted by molar-refractivity contribution is 5.86. The van der Waals surface area contributed by atoms with Gasteiger partial charge in [-0.15, -0.1) is 0 Å². The molecule has 3 rings (SSSR count). The fourth-order valence-corrected chi connectivity index (χ4v) is 5.77. The molecule has 1 aliphatic carbocycles. The molecule has 0 aromatic carbocycles. The van der Waals surface area contributed by atoms with E-state index in [-0.39, 0.29) is 25.0 Å². The molecule has 0 aromatic rings. The molecule has 0 amide bonds. The lowest BCUT2D eigenvalue weighted by atomic mass is 9.59. The van der Waals surface area contributed by atoms with Crippen LogP contribution in [0.3, 0.4) is 0 Å². The number of carbonyl (C=O) groups is 3. The Labute approximate surface area is 236 Å². The van der Waals surface area contributed by atoms with Gasteiger partial charge in [-0.05, 0) is 33.3 Å². The summed E-state index contributed by atoms with van der Waals surface area (Å²) in [6.45, 7) is 5.63. The van der Waals surface area contributed by atoms with Gasteiger partial charge in [-0.25, -0.2) is 4.79 Å².